The fraction of sp³-hybridized carbons (Fsp3) is 0.300. The topological polar surface area (TPSA) is 93.4 Å². The Morgan fingerprint density at radius 3 is 2.37 bits per heavy atom. The van der Waals surface area contributed by atoms with Gasteiger partial charge in [-0.15, -0.1) is 0 Å². The number of carboxylic acid groups (broad SMARTS) is 1. The Labute approximate surface area is 234 Å². The molecule has 216 valence electrons. The minimum Gasteiger partial charge on any atom is -0.496 e. The number of aromatic nitrogens is 2. The van der Waals surface area contributed by atoms with Gasteiger partial charge in [0.1, 0.15) is 11.4 Å². The standard InChI is InChI=1S/C30H30F3N3O5/c1-18-14-19(10-11-21(18)27(37)38)24-16-34-26-23(35(13-12-30(31,32)33)28(39)41-29(2,3)4)15-20(17-36(24)26)22-8-6-7-9-25(22)40-5/h6-11,14-17H,12-13H2,1-5H3,(H,37,38). The second kappa shape index (κ2) is 11.1. The summed E-state index contributed by atoms with van der Waals surface area (Å²) in [6, 6.07) is 13.5. The van der Waals surface area contributed by atoms with Crippen LogP contribution in [0.5, 0.6) is 5.75 Å². The maximum atomic E-state index is 13.4. The van der Waals surface area contributed by atoms with Crippen molar-refractivity contribution >= 4 is 23.4 Å². The van der Waals surface area contributed by atoms with Crippen molar-refractivity contribution in [1.82, 2.24) is 9.38 Å². The monoisotopic (exact) mass is 569 g/mol. The van der Waals surface area contributed by atoms with E-state index in [9.17, 15) is 27.9 Å². The number of anilines is 1. The number of nitrogens with zero attached hydrogens (tertiary/aromatic N) is 3. The summed E-state index contributed by atoms with van der Waals surface area (Å²) >= 11 is 0. The molecular weight excluding hydrogens is 539 g/mol. The highest BCUT2D eigenvalue weighted by molar-refractivity contribution is 5.95. The number of ether oxygens (including phenoxy) is 2. The number of aromatic carboxylic acids is 1. The molecule has 2 heterocycles. The Morgan fingerprint density at radius 1 is 1.05 bits per heavy atom. The van der Waals surface area contributed by atoms with E-state index in [0.29, 0.717) is 33.7 Å². The predicted molar refractivity (Wildman–Crippen MR) is 149 cm³/mol. The molecule has 0 aliphatic rings. The summed E-state index contributed by atoms with van der Waals surface area (Å²) in [7, 11) is 1.50. The molecule has 1 N–H and O–H groups in total. The fourth-order valence-electron chi connectivity index (χ4n) is 4.44. The Balaban J connectivity index is 1.99. The normalized spacial score (nSPS) is 11.9. The molecule has 0 saturated carbocycles. The van der Waals surface area contributed by atoms with E-state index in [2.05, 4.69) is 4.98 Å². The van der Waals surface area contributed by atoms with E-state index in [0.717, 1.165) is 4.90 Å². The van der Waals surface area contributed by atoms with Crippen molar-refractivity contribution in [2.75, 3.05) is 18.6 Å². The van der Waals surface area contributed by atoms with E-state index in [1.807, 2.05) is 0 Å². The van der Waals surface area contributed by atoms with Crippen LogP contribution in [-0.4, -0.2) is 52.0 Å². The van der Waals surface area contributed by atoms with Gasteiger partial charge in [-0.3, -0.25) is 9.30 Å². The lowest BCUT2D eigenvalue weighted by Crippen LogP contribution is -2.39. The Morgan fingerprint density at radius 2 is 1.76 bits per heavy atom. The largest absolute Gasteiger partial charge is 0.496 e. The summed E-state index contributed by atoms with van der Waals surface area (Å²) < 4.78 is 52.9. The van der Waals surface area contributed by atoms with E-state index in [1.54, 1.807) is 80.8 Å². The number of carbonyl (C=O) groups is 2. The van der Waals surface area contributed by atoms with Crippen molar-refractivity contribution in [3.8, 4) is 28.1 Å². The molecule has 0 spiro atoms. The van der Waals surface area contributed by atoms with Crippen LogP contribution in [0, 0.1) is 6.92 Å². The van der Waals surface area contributed by atoms with Crippen molar-refractivity contribution in [1.29, 1.82) is 0 Å². The number of rotatable bonds is 7. The smallest absolute Gasteiger partial charge is 0.414 e. The number of hydrogen-bond acceptors (Lipinski definition) is 5. The van der Waals surface area contributed by atoms with Gasteiger partial charge in [0.2, 0.25) is 0 Å². The van der Waals surface area contributed by atoms with Crippen LogP contribution in [0.25, 0.3) is 28.0 Å². The third-order valence-corrected chi connectivity index (χ3v) is 6.28. The molecule has 41 heavy (non-hydrogen) atoms. The molecule has 0 fully saturated rings. The van der Waals surface area contributed by atoms with Gasteiger partial charge in [0, 0.05) is 29.4 Å². The van der Waals surface area contributed by atoms with E-state index in [1.165, 1.54) is 19.4 Å². The summed E-state index contributed by atoms with van der Waals surface area (Å²) in [5.74, 6) is -0.550. The molecule has 0 radical (unpaired) electrons. The minimum absolute atomic E-state index is 0.108. The zero-order valence-electron chi connectivity index (χ0n) is 23.2. The molecular formula is C30H30F3N3O5. The molecule has 4 aromatic rings. The SMILES string of the molecule is COc1ccccc1-c1cc(N(CCC(F)(F)F)C(=O)OC(C)(C)C)c2ncc(-c3ccc(C(=O)O)c(C)c3)n2c1. The highest BCUT2D eigenvalue weighted by atomic mass is 19.4. The quantitative estimate of drug-likeness (QED) is 0.250. The molecule has 8 nitrogen and oxygen atoms in total. The first kappa shape index (κ1) is 29.4. The van der Waals surface area contributed by atoms with Crippen LogP contribution in [0.3, 0.4) is 0 Å². The van der Waals surface area contributed by atoms with Gasteiger partial charge >= 0.3 is 18.2 Å². The van der Waals surface area contributed by atoms with Crippen molar-refractivity contribution in [3.05, 3.63) is 72.1 Å². The molecule has 0 aliphatic carbocycles. The number of carbonyl (C=O) groups excluding carboxylic acids is 1. The third-order valence-electron chi connectivity index (χ3n) is 6.28. The number of para-hydroxylation sites is 1. The van der Waals surface area contributed by atoms with Crippen molar-refractivity contribution in [2.45, 2.75) is 45.9 Å². The van der Waals surface area contributed by atoms with Crippen molar-refractivity contribution in [3.63, 3.8) is 0 Å². The summed E-state index contributed by atoms with van der Waals surface area (Å²) in [6.45, 7) is 5.86. The van der Waals surface area contributed by atoms with Gasteiger partial charge in [0.25, 0.3) is 0 Å². The first-order chi connectivity index (χ1) is 19.2. The van der Waals surface area contributed by atoms with Crippen LogP contribution in [0.15, 0.2) is 60.9 Å². The van der Waals surface area contributed by atoms with Gasteiger partial charge in [-0.1, -0.05) is 24.3 Å². The molecule has 11 heteroatoms. The number of hydrogen-bond donors (Lipinski definition) is 1. The van der Waals surface area contributed by atoms with E-state index < -0.39 is 36.8 Å². The zero-order chi connectivity index (χ0) is 30.1. The molecule has 0 unspecified atom stereocenters. The second-order valence-corrected chi connectivity index (χ2v) is 10.5. The summed E-state index contributed by atoms with van der Waals surface area (Å²) in [5.41, 5.74) is 2.37. The maximum Gasteiger partial charge on any atom is 0.414 e. The summed E-state index contributed by atoms with van der Waals surface area (Å²) in [4.78, 5) is 30.3. The highest BCUT2D eigenvalue weighted by Crippen LogP contribution is 2.37. The Kier molecular flexibility index (Phi) is 8.01. The number of carboxylic acids is 1. The molecule has 0 bridgehead atoms. The average Bonchev–Trinajstić information content (AvgIpc) is 3.31. The molecule has 1 amide bonds. The minimum atomic E-state index is -4.53. The molecule has 2 aromatic carbocycles. The van der Waals surface area contributed by atoms with Gasteiger partial charge in [-0.25, -0.2) is 14.6 Å². The lowest BCUT2D eigenvalue weighted by molar-refractivity contribution is -0.132. The van der Waals surface area contributed by atoms with Crippen LogP contribution in [0.4, 0.5) is 23.7 Å². The van der Waals surface area contributed by atoms with Crippen LogP contribution in [-0.2, 0) is 4.74 Å². The van der Waals surface area contributed by atoms with Crippen LogP contribution >= 0.6 is 0 Å². The number of fused-ring (bicyclic) bond motifs is 1. The van der Waals surface area contributed by atoms with E-state index in [4.69, 9.17) is 9.47 Å². The molecule has 0 aliphatic heterocycles. The molecule has 2 aromatic heterocycles. The van der Waals surface area contributed by atoms with Crippen molar-refractivity contribution < 1.29 is 37.3 Å². The molecule has 4 rings (SSSR count). The lowest BCUT2D eigenvalue weighted by Gasteiger charge is -2.28. The van der Waals surface area contributed by atoms with E-state index in [-0.39, 0.29) is 16.9 Å². The number of pyridine rings is 1. The van der Waals surface area contributed by atoms with Crippen LogP contribution < -0.4 is 9.64 Å². The maximum absolute atomic E-state index is 13.4. The second-order valence-electron chi connectivity index (χ2n) is 10.5. The first-order valence-electron chi connectivity index (χ1n) is 12.7. The first-order valence-corrected chi connectivity index (χ1v) is 12.7. The number of methoxy groups -OCH3 is 1. The number of alkyl halides is 3. The number of aryl methyl sites for hydroxylation is 1. The summed E-state index contributed by atoms with van der Waals surface area (Å²) in [5, 5.41) is 9.45. The molecule has 0 saturated heterocycles. The number of benzene rings is 2. The lowest BCUT2D eigenvalue weighted by atomic mass is 10.0. The summed E-state index contributed by atoms with van der Waals surface area (Å²) in [6.07, 6.45) is -3.47. The van der Waals surface area contributed by atoms with Gasteiger partial charge in [-0.2, -0.15) is 13.2 Å². The van der Waals surface area contributed by atoms with Gasteiger partial charge in [0.15, 0.2) is 5.65 Å². The Hall–Kier alpha value is -4.54. The van der Waals surface area contributed by atoms with Gasteiger partial charge in [-0.05, 0) is 57.5 Å². The predicted octanol–water partition coefficient (Wildman–Crippen LogP) is 7.38. The van der Waals surface area contributed by atoms with E-state index >= 15 is 0 Å². The number of imidazole rings is 1. The number of halogens is 3. The zero-order valence-corrected chi connectivity index (χ0v) is 23.2. The van der Waals surface area contributed by atoms with Crippen LogP contribution in [0.1, 0.15) is 43.1 Å². The van der Waals surface area contributed by atoms with Gasteiger partial charge in [0.05, 0.1) is 36.7 Å². The fourth-order valence-corrected chi connectivity index (χ4v) is 4.44. The number of amides is 1. The van der Waals surface area contributed by atoms with Gasteiger partial charge < -0.3 is 14.6 Å². The third kappa shape index (κ3) is 6.62. The highest BCUT2D eigenvalue weighted by Gasteiger charge is 2.33. The Bertz CT molecular complexity index is 1610. The van der Waals surface area contributed by atoms with Crippen molar-refractivity contribution in [2.24, 2.45) is 0 Å². The van der Waals surface area contributed by atoms with Crippen LogP contribution in [0.2, 0.25) is 0 Å². The average molecular weight is 570 g/mol. The molecule has 0 atom stereocenters.